The molecule has 31 heavy (non-hydrogen) atoms. The number of nitrogens with zero attached hydrogens (tertiary/aromatic N) is 4. The van der Waals surface area contributed by atoms with Crippen LogP contribution in [0.4, 0.5) is 26.3 Å². The number of alkyl halides is 6. The van der Waals surface area contributed by atoms with Crippen molar-refractivity contribution in [2.24, 2.45) is 7.05 Å². The second-order valence-electron chi connectivity index (χ2n) is 6.03. The van der Waals surface area contributed by atoms with Crippen molar-refractivity contribution in [3.8, 4) is 11.4 Å². The molecule has 0 spiro atoms. The van der Waals surface area contributed by atoms with Gasteiger partial charge in [-0.2, -0.15) is 35.7 Å². The average molecular weight is 485 g/mol. The van der Waals surface area contributed by atoms with Crippen LogP contribution in [0, 0.1) is 0 Å². The minimum Gasteiger partial charge on any atom is -0.488 e. The third kappa shape index (κ3) is 5.34. The molecule has 0 saturated heterocycles. The summed E-state index contributed by atoms with van der Waals surface area (Å²) in [6.45, 7) is -0.735. The Bertz CT molecular complexity index is 1160. The number of tetrazole rings is 1. The fourth-order valence-corrected chi connectivity index (χ4v) is 3.43. The van der Waals surface area contributed by atoms with E-state index in [0.717, 1.165) is 27.6 Å². The standard InChI is InChI=1S/C17H11ClF6N4O2S/c1-27-15(29)28(26-25-27)12-3-2-4-14(31-17(22,23)24)10(12)8-30-13-7-9(18)5-6-11(13)16(19,20)21/h2-7H,8H2,1H3. The van der Waals surface area contributed by atoms with Crippen LogP contribution in [-0.2, 0) is 19.8 Å². The smallest absolute Gasteiger partial charge is 0.446 e. The maximum absolute atomic E-state index is 13.3. The van der Waals surface area contributed by atoms with Crippen LogP contribution in [0.15, 0.2) is 46.1 Å². The molecular weight excluding hydrogens is 474 g/mol. The molecule has 0 aliphatic rings. The number of hydrogen-bond donors (Lipinski definition) is 0. The molecule has 0 bridgehead atoms. The second-order valence-corrected chi connectivity index (χ2v) is 7.57. The minimum atomic E-state index is -4.79. The summed E-state index contributed by atoms with van der Waals surface area (Å²) in [5, 5.41) is 7.01. The Morgan fingerprint density at radius 2 is 1.81 bits per heavy atom. The molecule has 3 rings (SSSR count). The van der Waals surface area contributed by atoms with Gasteiger partial charge in [-0.1, -0.05) is 17.7 Å². The Hall–Kier alpha value is -2.67. The van der Waals surface area contributed by atoms with Gasteiger partial charge in [0.2, 0.25) is 0 Å². The van der Waals surface area contributed by atoms with E-state index in [4.69, 9.17) is 16.3 Å². The summed E-state index contributed by atoms with van der Waals surface area (Å²) < 4.78 is 85.7. The van der Waals surface area contributed by atoms with Crippen molar-refractivity contribution in [3.05, 3.63) is 63.0 Å². The van der Waals surface area contributed by atoms with E-state index < -0.39 is 47.1 Å². The molecule has 0 fully saturated rings. The first kappa shape index (κ1) is 23.0. The lowest BCUT2D eigenvalue weighted by Crippen LogP contribution is -2.23. The van der Waals surface area contributed by atoms with E-state index in [9.17, 15) is 31.1 Å². The molecule has 1 heterocycles. The van der Waals surface area contributed by atoms with Gasteiger partial charge in [0.05, 0.1) is 11.3 Å². The summed E-state index contributed by atoms with van der Waals surface area (Å²) >= 11 is 5.25. The lowest BCUT2D eigenvalue weighted by atomic mass is 10.1. The second kappa shape index (κ2) is 8.46. The normalized spacial score (nSPS) is 12.3. The van der Waals surface area contributed by atoms with Crippen molar-refractivity contribution in [3.63, 3.8) is 0 Å². The Kier molecular flexibility index (Phi) is 6.28. The van der Waals surface area contributed by atoms with Gasteiger partial charge in [-0.05, 0) is 52.5 Å². The number of rotatable bonds is 5. The van der Waals surface area contributed by atoms with Crippen LogP contribution in [0.25, 0.3) is 5.69 Å². The molecule has 0 N–H and O–H groups in total. The fraction of sp³-hybridized carbons (Fsp3) is 0.235. The van der Waals surface area contributed by atoms with E-state index in [0.29, 0.717) is 6.07 Å². The zero-order valence-electron chi connectivity index (χ0n) is 15.3. The van der Waals surface area contributed by atoms with Crippen LogP contribution in [0.2, 0.25) is 5.02 Å². The zero-order valence-corrected chi connectivity index (χ0v) is 16.9. The summed E-state index contributed by atoms with van der Waals surface area (Å²) in [5.74, 6) is -0.677. The number of aryl methyl sites for hydroxylation is 1. The molecule has 0 aliphatic carbocycles. The van der Waals surface area contributed by atoms with Crippen LogP contribution >= 0.6 is 23.4 Å². The van der Waals surface area contributed by atoms with E-state index in [1.165, 1.54) is 19.2 Å². The molecule has 0 amide bonds. The molecule has 1 aromatic heterocycles. The van der Waals surface area contributed by atoms with Crippen molar-refractivity contribution in [2.75, 3.05) is 0 Å². The first-order valence-corrected chi connectivity index (χ1v) is 9.43. The van der Waals surface area contributed by atoms with Gasteiger partial charge in [0.15, 0.2) is 0 Å². The third-order valence-corrected chi connectivity index (χ3v) is 4.97. The van der Waals surface area contributed by atoms with Gasteiger partial charge in [0.25, 0.3) is 0 Å². The zero-order chi connectivity index (χ0) is 23.0. The first-order valence-electron chi connectivity index (χ1n) is 8.23. The van der Waals surface area contributed by atoms with Crippen molar-refractivity contribution in [1.29, 1.82) is 0 Å². The van der Waals surface area contributed by atoms with E-state index >= 15 is 0 Å². The molecule has 0 radical (unpaired) electrons. The van der Waals surface area contributed by atoms with Gasteiger partial charge in [0, 0.05) is 22.5 Å². The van der Waals surface area contributed by atoms with Crippen LogP contribution < -0.4 is 10.4 Å². The Labute approximate surface area is 179 Å². The van der Waals surface area contributed by atoms with Crippen molar-refractivity contribution in [1.82, 2.24) is 19.8 Å². The number of ether oxygens (including phenoxy) is 1. The number of hydrogen-bond acceptors (Lipinski definition) is 5. The maximum atomic E-state index is 13.3. The van der Waals surface area contributed by atoms with Crippen molar-refractivity contribution >= 4 is 23.4 Å². The summed E-state index contributed by atoms with van der Waals surface area (Å²) in [5.41, 5.74) is -6.96. The Morgan fingerprint density at radius 1 is 1.10 bits per heavy atom. The molecule has 0 atom stereocenters. The topological polar surface area (TPSA) is 61.9 Å². The molecule has 6 nitrogen and oxygen atoms in total. The SMILES string of the molecule is Cn1nnn(-c2cccc(SC(F)(F)F)c2COc2cc(Cl)ccc2C(F)(F)F)c1=O. The van der Waals surface area contributed by atoms with Gasteiger partial charge >= 0.3 is 17.4 Å². The minimum absolute atomic E-state index is 0.0636. The van der Waals surface area contributed by atoms with Crippen LogP contribution in [0.3, 0.4) is 0 Å². The van der Waals surface area contributed by atoms with E-state index in [2.05, 4.69) is 10.4 Å². The highest BCUT2D eigenvalue weighted by atomic mass is 35.5. The maximum Gasteiger partial charge on any atom is 0.446 e. The predicted molar refractivity (Wildman–Crippen MR) is 99.3 cm³/mol. The molecule has 3 aromatic rings. The third-order valence-electron chi connectivity index (χ3n) is 3.90. The van der Waals surface area contributed by atoms with Crippen LogP contribution in [-0.4, -0.2) is 25.3 Å². The highest BCUT2D eigenvalue weighted by Crippen LogP contribution is 2.41. The Morgan fingerprint density at radius 3 is 2.39 bits per heavy atom. The molecule has 14 heteroatoms. The van der Waals surface area contributed by atoms with Gasteiger partial charge in [-0.3, -0.25) is 0 Å². The molecule has 166 valence electrons. The highest BCUT2D eigenvalue weighted by Gasteiger charge is 2.35. The fourth-order valence-electron chi connectivity index (χ4n) is 2.58. The van der Waals surface area contributed by atoms with Crippen molar-refractivity contribution < 1.29 is 31.1 Å². The van der Waals surface area contributed by atoms with Gasteiger partial charge < -0.3 is 4.74 Å². The predicted octanol–water partition coefficient (Wildman–Crippen LogP) is 4.83. The Balaban J connectivity index is 2.09. The molecule has 0 aliphatic heterocycles. The van der Waals surface area contributed by atoms with E-state index in [1.54, 1.807) is 0 Å². The lowest BCUT2D eigenvalue weighted by molar-refractivity contribution is -0.139. The average Bonchev–Trinajstić information content (AvgIpc) is 2.97. The first-order chi connectivity index (χ1) is 14.4. The van der Waals surface area contributed by atoms with E-state index in [1.807, 2.05) is 0 Å². The molecule has 0 unspecified atom stereocenters. The lowest BCUT2D eigenvalue weighted by Gasteiger charge is -2.18. The quantitative estimate of drug-likeness (QED) is 0.383. The number of thioether (sulfide) groups is 1. The highest BCUT2D eigenvalue weighted by molar-refractivity contribution is 8.00. The summed E-state index contributed by atoms with van der Waals surface area (Å²) in [4.78, 5) is 11.8. The summed E-state index contributed by atoms with van der Waals surface area (Å²) in [7, 11) is 1.28. The molecule has 0 saturated carbocycles. The van der Waals surface area contributed by atoms with Gasteiger partial charge in [-0.15, -0.1) is 0 Å². The van der Waals surface area contributed by atoms with Crippen molar-refractivity contribution in [2.45, 2.75) is 23.2 Å². The number of benzene rings is 2. The number of halogens is 7. The molecular formula is C17H11ClF6N4O2S. The van der Waals surface area contributed by atoms with Crippen LogP contribution in [0.5, 0.6) is 5.75 Å². The largest absolute Gasteiger partial charge is 0.488 e. The summed E-state index contributed by atoms with van der Waals surface area (Å²) in [6, 6.07) is 6.23. The number of aromatic nitrogens is 4. The monoisotopic (exact) mass is 484 g/mol. The van der Waals surface area contributed by atoms with E-state index in [-0.39, 0.29) is 21.2 Å². The summed E-state index contributed by atoms with van der Waals surface area (Å²) in [6.07, 6.45) is -4.79. The van der Waals surface area contributed by atoms with Crippen LogP contribution in [0.1, 0.15) is 11.1 Å². The molecule has 2 aromatic carbocycles. The van der Waals surface area contributed by atoms with Gasteiger partial charge in [0.1, 0.15) is 12.4 Å². The van der Waals surface area contributed by atoms with Gasteiger partial charge in [-0.25, -0.2) is 4.79 Å².